The van der Waals surface area contributed by atoms with E-state index in [-0.39, 0.29) is 12.0 Å². The van der Waals surface area contributed by atoms with Gasteiger partial charge in [-0.05, 0) is 55.2 Å². The van der Waals surface area contributed by atoms with E-state index in [1.54, 1.807) is 0 Å². The topological polar surface area (TPSA) is 52.3 Å². The lowest BCUT2D eigenvalue weighted by atomic mass is 9.84. The molecule has 1 heterocycles. The summed E-state index contributed by atoms with van der Waals surface area (Å²) in [4.78, 5) is 11.8. The second-order valence-corrected chi connectivity index (χ2v) is 6.01. The normalized spacial score (nSPS) is 23.9. The van der Waals surface area contributed by atoms with Crippen molar-refractivity contribution in [1.29, 1.82) is 0 Å². The van der Waals surface area contributed by atoms with Gasteiger partial charge in [-0.15, -0.1) is 0 Å². The molecule has 1 aromatic carbocycles. The minimum atomic E-state index is -0.301. The first-order valence-electron chi connectivity index (χ1n) is 7.81. The summed E-state index contributed by atoms with van der Waals surface area (Å²) in [6, 6.07) is 5.96. The van der Waals surface area contributed by atoms with Crippen LogP contribution in [-0.4, -0.2) is 12.5 Å². The fraction of sp³-hybridized carbons (Fsp3) is 0.588. The molecule has 1 amide bonds. The molecule has 0 radical (unpaired) electrons. The Labute approximate surface area is 120 Å². The molecule has 1 aliphatic carbocycles. The molecule has 2 N–H and O–H groups in total. The third-order valence-electron chi connectivity index (χ3n) is 4.70. The number of ether oxygens (including phenoxy) is 1. The molecule has 0 spiro atoms. The van der Waals surface area contributed by atoms with E-state index < -0.39 is 0 Å². The van der Waals surface area contributed by atoms with Crippen LogP contribution in [0.2, 0.25) is 0 Å². The van der Waals surface area contributed by atoms with Crippen LogP contribution in [0, 0.1) is 0 Å². The predicted octanol–water partition coefficient (Wildman–Crippen LogP) is 3.68. The minimum Gasteiger partial charge on any atom is -0.374 e. The second-order valence-electron chi connectivity index (χ2n) is 6.01. The van der Waals surface area contributed by atoms with Gasteiger partial charge in [0.1, 0.15) is 0 Å². The van der Waals surface area contributed by atoms with Gasteiger partial charge in [0.25, 0.3) is 0 Å². The lowest BCUT2D eigenvalue weighted by Crippen LogP contribution is -2.20. The van der Waals surface area contributed by atoms with Crippen LogP contribution in [0.5, 0.6) is 0 Å². The number of carbonyl (C=O) groups is 1. The van der Waals surface area contributed by atoms with Crippen LogP contribution in [0.4, 0.5) is 0 Å². The predicted molar refractivity (Wildman–Crippen MR) is 78.7 cm³/mol. The van der Waals surface area contributed by atoms with E-state index in [0.29, 0.717) is 11.5 Å². The first-order chi connectivity index (χ1) is 9.77. The minimum absolute atomic E-state index is 0.152. The molecule has 20 heavy (non-hydrogen) atoms. The van der Waals surface area contributed by atoms with Crippen molar-refractivity contribution in [3.63, 3.8) is 0 Å². The van der Waals surface area contributed by atoms with Gasteiger partial charge in [0.15, 0.2) is 0 Å². The fourth-order valence-electron chi connectivity index (χ4n) is 3.73. The molecule has 1 saturated carbocycles. The average molecular weight is 273 g/mol. The van der Waals surface area contributed by atoms with Crippen LogP contribution in [0.15, 0.2) is 18.2 Å². The molecule has 2 fully saturated rings. The smallest absolute Gasteiger partial charge is 0.248 e. The summed E-state index contributed by atoms with van der Waals surface area (Å²) < 4.78 is 5.95. The van der Waals surface area contributed by atoms with E-state index in [4.69, 9.17) is 10.5 Å². The molecular weight excluding hydrogens is 250 g/mol. The molecular formula is C17H23NO2. The van der Waals surface area contributed by atoms with Gasteiger partial charge in [-0.25, -0.2) is 0 Å². The van der Waals surface area contributed by atoms with Gasteiger partial charge in [-0.1, -0.05) is 25.0 Å². The van der Waals surface area contributed by atoms with Crippen molar-refractivity contribution in [3.8, 4) is 0 Å². The van der Waals surface area contributed by atoms with Gasteiger partial charge >= 0.3 is 0 Å². The molecule has 2 aliphatic rings. The van der Waals surface area contributed by atoms with E-state index in [2.05, 4.69) is 6.07 Å². The lowest BCUT2D eigenvalue weighted by Gasteiger charge is -2.28. The third-order valence-corrected chi connectivity index (χ3v) is 4.70. The van der Waals surface area contributed by atoms with Gasteiger partial charge in [0.05, 0.1) is 6.10 Å². The zero-order valence-electron chi connectivity index (χ0n) is 11.9. The highest BCUT2D eigenvalue weighted by molar-refractivity contribution is 5.95. The fourth-order valence-corrected chi connectivity index (χ4v) is 3.73. The Balaban J connectivity index is 2.02. The summed E-state index contributed by atoms with van der Waals surface area (Å²) in [5.41, 5.74) is 8.71. The largest absolute Gasteiger partial charge is 0.374 e. The maximum absolute atomic E-state index is 11.8. The van der Waals surface area contributed by atoms with Crippen LogP contribution in [0.25, 0.3) is 0 Å². The molecule has 3 nitrogen and oxygen atoms in total. The highest BCUT2D eigenvalue weighted by Gasteiger charge is 2.28. The van der Waals surface area contributed by atoms with Gasteiger partial charge in [-0.2, -0.15) is 0 Å². The van der Waals surface area contributed by atoms with E-state index in [0.717, 1.165) is 19.4 Å². The number of carbonyl (C=O) groups excluding carboxylic acids is 1. The van der Waals surface area contributed by atoms with Crippen LogP contribution >= 0.6 is 0 Å². The molecule has 3 heteroatoms. The quantitative estimate of drug-likeness (QED) is 0.913. The van der Waals surface area contributed by atoms with Crippen LogP contribution < -0.4 is 5.73 Å². The lowest BCUT2D eigenvalue weighted by molar-refractivity contribution is 0.0142. The number of amides is 1. The Hall–Kier alpha value is -1.35. The summed E-state index contributed by atoms with van der Waals surface area (Å²) in [7, 11) is 0. The van der Waals surface area contributed by atoms with Crippen molar-refractivity contribution in [2.24, 2.45) is 5.73 Å². The molecule has 3 rings (SSSR count). The van der Waals surface area contributed by atoms with E-state index in [9.17, 15) is 4.79 Å². The van der Waals surface area contributed by atoms with Gasteiger partial charge in [0, 0.05) is 12.2 Å². The number of hydrogen-bond acceptors (Lipinski definition) is 2. The average Bonchev–Trinajstić information content (AvgIpc) is 3.01. The van der Waals surface area contributed by atoms with Crippen molar-refractivity contribution in [1.82, 2.24) is 0 Å². The number of nitrogens with two attached hydrogens (primary N) is 1. The van der Waals surface area contributed by atoms with Crippen molar-refractivity contribution >= 4 is 5.91 Å². The van der Waals surface area contributed by atoms with Crippen LogP contribution in [0.1, 0.15) is 78.5 Å². The summed E-state index contributed by atoms with van der Waals surface area (Å²) in [5, 5.41) is 0. The molecule has 108 valence electrons. The summed E-state index contributed by atoms with van der Waals surface area (Å²) in [5.74, 6) is 0.184. The molecule has 1 unspecified atom stereocenters. The van der Waals surface area contributed by atoms with Crippen molar-refractivity contribution in [2.45, 2.75) is 57.0 Å². The van der Waals surface area contributed by atoms with Crippen molar-refractivity contribution < 1.29 is 9.53 Å². The highest BCUT2D eigenvalue weighted by atomic mass is 16.5. The summed E-state index contributed by atoms with van der Waals surface area (Å²) in [6.45, 7) is 0.829. The number of rotatable bonds is 3. The maximum atomic E-state index is 11.8. The van der Waals surface area contributed by atoms with Gasteiger partial charge in [0.2, 0.25) is 5.91 Å². The zero-order valence-corrected chi connectivity index (χ0v) is 11.9. The zero-order chi connectivity index (χ0) is 13.9. The first-order valence-corrected chi connectivity index (χ1v) is 7.81. The third kappa shape index (κ3) is 2.59. The van der Waals surface area contributed by atoms with Crippen LogP contribution in [0.3, 0.4) is 0 Å². The van der Waals surface area contributed by atoms with Gasteiger partial charge < -0.3 is 10.5 Å². The molecule has 1 saturated heterocycles. The molecule has 0 aromatic heterocycles. The Morgan fingerprint density at radius 2 is 1.85 bits per heavy atom. The van der Waals surface area contributed by atoms with Crippen molar-refractivity contribution in [3.05, 3.63) is 34.9 Å². The maximum Gasteiger partial charge on any atom is 0.248 e. The van der Waals surface area contributed by atoms with E-state index >= 15 is 0 Å². The number of primary amides is 1. The van der Waals surface area contributed by atoms with Crippen molar-refractivity contribution in [2.75, 3.05) is 6.61 Å². The monoisotopic (exact) mass is 273 g/mol. The van der Waals surface area contributed by atoms with E-state index in [1.807, 2.05) is 12.1 Å². The number of hydrogen-bond donors (Lipinski definition) is 1. The molecule has 1 aliphatic heterocycles. The standard InChI is InChI=1S/C17H23NO2/c18-17(19)14-9-5-8-13(15-10-3-4-11-20-15)16(14)12-6-1-2-7-12/h5,8-9,12,15H,1-4,6-7,10-11H2,(H2,18,19). The first kappa shape index (κ1) is 13.6. The summed E-state index contributed by atoms with van der Waals surface area (Å²) in [6.07, 6.45) is 8.40. The molecule has 0 bridgehead atoms. The Bertz CT molecular complexity index is 486. The van der Waals surface area contributed by atoms with E-state index in [1.165, 1.54) is 43.2 Å². The Morgan fingerprint density at radius 3 is 2.50 bits per heavy atom. The molecule has 1 aromatic rings. The Morgan fingerprint density at radius 1 is 1.10 bits per heavy atom. The SMILES string of the molecule is NC(=O)c1cccc(C2CCCCO2)c1C1CCCC1. The second kappa shape index (κ2) is 5.96. The summed E-state index contributed by atoms with van der Waals surface area (Å²) >= 11 is 0. The van der Waals surface area contributed by atoms with Gasteiger partial charge in [-0.3, -0.25) is 4.79 Å². The van der Waals surface area contributed by atoms with Crippen LogP contribution in [-0.2, 0) is 4.74 Å². The number of benzene rings is 1. The highest BCUT2D eigenvalue weighted by Crippen LogP contribution is 2.41. The Kier molecular flexibility index (Phi) is 4.06. The molecule has 1 atom stereocenters.